The lowest BCUT2D eigenvalue weighted by Crippen LogP contribution is -2.44. The highest BCUT2D eigenvalue weighted by atomic mass is 16.6. The van der Waals surface area contributed by atoms with Crippen molar-refractivity contribution in [2.45, 2.75) is 19.9 Å². The number of amides is 2. The third kappa shape index (κ3) is 3.67. The van der Waals surface area contributed by atoms with Crippen molar-refractivity contribution in [3.63, 3.8) is 0 Å². The molecule has 1 aromatic rings. The van der Waals surface area contributed by atoms with Crippen LogP contribution in [0, 0.1) is 10.1 Å². The number of anilines is 1. The number of nitrogens with one attached hydrogen (secondary N) is 2. The summed E-state index contributed by atoms with van der Waals surface area (Å²) in [7, 11) is 0. The zero-order valence-electron chi connectivity index (χ0n) is 11.2. The number of nitrogens with zero attached hydrogens (tertiary/aromatic N) is 1. The molecule has 4 N–H and O–H groups in total. The standard InChI is InChI=1S/C12H16N4O4/c1-3-14-11(17)7(2)15-12(18)8-4-5-10(16(19)20)9(13)6-8/h4-7H,3,13H2,1-2H3,(H,14,17)(H,15,18). The molecular weight excluding hydrogens is 264 g/mol. The van der Waals surface area contributed by atoms with E-state index in [4.69, 9.17) is 5.73 Å². The number of rotatable bonds is 5. The van der Waals surface area contributed by atoms with Crippen molar-refractivity contribution >= 4 is 23.2 Å². The Morgan fingerprint density at radius 2 is 2.10 bits per heavy atom. The van der Waals surface area contributed by atoms with Crippen LogP contribution in [0.5, 0.6) is 0 Å². The van der Waals surface area contributed by atoms with Gasteiger partial charge < -0.3 is 16.4 Å². The molecule has 0 aromatic heterocycles. The van der Waals surface area contributed by atoms with Gasteiger partial charge in [0.05, 0.1) is 4.92 Å². The Morgan fingerprint density at radius 3 is 2.60 bits per heavy atom. The summed E-state index contributed by atoms with van der Waals surface area (Å²) >= 11 is 0. The molecular formula is C12H16N4O4. The Kier molecular flexibility index (Phi) is 5.01. The highest BCUT2D eigenvalue weighted by Gasteiger charge is 2.18. The average Bonchev–Trinajstić information content (AvgIpc) is 2.38. The zero-order valence-corrected chi connectivity index (χ0v) is 11.2. The van der Waals surface area contributed by atoms with Gasteiger partial charge in [-0.05, 0) is 26.0 Å². The van der Waals surface area contributed by atoms with Crippen molar-refractivity contribution in [2.75, 3.05) is 12.3 Å². The Hall–Kier alpha value is -2.64. The maximum atomic E-state index is 11.9. The summed E-state index contributed by atoms with van der Waals surface area (Å²) in [6, 6.07) is 2.94. The summed E-state index contributed by atoms with van der Waals surface area (Å²) in [5.74, 6) is -0.832. The second kappa shape index (κ2) is 6.50. The molecule has 0 fully saturated rings. The van der Waals surface area contributed by atoms with Gasteiger partial charge in [0, 0.05) is 18.2 Å². The van der Waals surface area contributed by atoms with Gasteiger partial charge in [-0.15, -0.1) is 0 Å². The van der Waals surface area contributed by atoms with Crippen LogP contribution in [0.4, 0.5) is 11.4 Å². The zero-order chi connectivity index (χ0) is 15.3. The van der Waals surface area contributed by atoms with Crippen LogP contribution in [0.25, 0.3) is 0 Å². The van der Waals surface area contributed by atoms with Crippen LogP contribution in [-0.4, -0.2) is 29.3 Å². The van der Waals surface area contributed by atoms with Crippen LogP contribution in [0.15, 0.2) is 18.2 Å². The number of carbonyl (C=O) groups is 2. The molecule has 20 heavy (non-hydrogen) atoms. The van der Waals surface area contributed by atoms with Gasteiger partial charge in [-0.3, -0.25) is 19.7 Å². The number of likely N-dealkylation sites (N-methyl/N-ethyl adjacent to an activating group) is 1. The molecule has 0 bridgehead atoms. The molecule has 0 aliphatic rings. The van der Waals surface area contributed by atoms with Crippen LogP contribution < -0.4 is 16.4 Å². The number of nitro groups is 1. The SMILES string of the molecule is CCNC(=O)C(C)NC(=O)c1ccc([N+](=O)[O-])c(N)c1. The highest BCUT2D eigenvalue weighted by Crippen LogP contribution is 2.21. The van der Waals surface area contributed by atoms with E-state index in [9.17, 15) is 19.7 Å². The number of carbonyl (C=O) groups excluding carboxylic acids is 2. The van der Waals surface area contributed by atoms with E-state index in [-0.39, 0.29) is 22.8 Å². The monoisotopic (exact) mass is 280 g/mol. The first kappa shape index (κ1) is 15.4. The molecule has 2 amide bonds. The van der Waals surface area contributed by atoms with Crippen LogP contribution in [0.3, 0.4) is 0 Å². The van der Waals surface area contributed by atoms with Crippen LogP contribution >= 0.6 is 0 Å². The fourth-order valence-corrected chi connectivity index (χ4v) is 1.53. The van der Waals surface area contributed by atoms with Gasteiger partial charge in [0.2, 0.25) is 5.91 Å². The van der Waals surface area contributed by atoms with Crippen molar-refractivity contribution in [1.29, 1.82) is 0 Å². The molecule has 0 spiro atoms. The van der Waals surface area contributed by atoms with Gasteiger partial charge in [0.15, 0.2) is 0 Å². The van der Waals surface area contributed by atoms with Crippen LogP contribution in [0.1, 0.15) is 24.2 Å². The molecule has 0 radical (unpaired) electrons. The molecule has 108 valence electrons. The second-order valence-electron chi connectivity index (χ2n) is 4.12. The van der Waals surface area contributed by atoms with Crippen molar-refractivity contribution in [1.82, 2.24) is 10.6 Å². The molecule has 0 saturated carbocycles. The summed E-state index contributed by atoms with van der Waals surface area (Å²) in [5, 5.41) is 15.7. The van der Waals surface area contributed by atoms with Crippen molar-refractivity contribution in [2.24, 2.45) is 0 Å². The molecule has 8 nitrogen and oxygen atoms in total. The molecule has 0 heterocycles. The molecule has 0 saturated heterocycles. The smallest absolute Gasteiger partial charge is 0.292 e. The van der Waals surface area contributed by atoms with Gasteiger partial charge in [-0.2, -0.15) is 0 Å². The lowest BCUT2D eigenvalue weighted by atomic mass is 10.1. The minimum Gasteiger partial charge on any atom is -0.393 e. The number of nitrogen functional groups attached to an aromatic ring is 1. The molecule has 1 rings (SSSR count). The molecule has 0 aliphatic carbocycles. The Morgan fingerprint density at radius 1 is 1.45 bits per heavy atom. The first-order valence-electron chi connectivity index (χ1n) is 5.99. The number of benzene rings is 1. The molecule has 8 heteroatoms. The summed E-state index contributed by atoms with van der Waals surface area (Å²) in [6.45, 7) is 3.77. The Labute approximate surface area is 115 Å². The fraction of sp³-hybridized carbons (Fsp3) is 0.333. The largest absolute Gasteiger partial charge is 0.393 e. The van der Waals surface area contributed by atoms with Gasteiger partial charge in [0.1, 0.15) is 11.7 Å². The van der Waals surface area contributed by atoms with Gasteiger partial charge >= 0.3 is 0 Å². The molecule has 1 aromatic carbocycles. The number of nitrogens with two attached hydrogens (primary N) is 1. The van der Waals surface area contributed by atoms with E-state index in [0.29, 0.717) is 6.54 Å². The van der Waals surface area contributed by atoms with Crippen molar-refractivity contribution in [3.8, 4) is 0 Å². The second-order valence-corrected chi connectivity index (χ2v) is 4.12. The molecule has 1 unspecified atom stereocenters. The quantitative estimate of drug-likeness (QED) is 0.409. The maximum absolute atomic E-state index is 11.9. The summed E-state index contributed by atoms with van der Waals surface area (Å²) in [4.78, 5) is 33.3. The number of hydrogen-bond donors (Lipinski definition) is 3. The van der Waals surface area contributed by atoms with E-state index in [1.54, 1.807) is 6.92 Å². The third-order valence-corrected chi connectivity index (χ3v) is 2.58. The summed E-state index contributed by atoms with van der Waals surface area (Å²) in [5.41, 5.74) is 5.29. The minimum absolute atomic E-state index is 0.103. The summed E-state index contributed by atoms with van der Waals surface area (Å²) in [6.07, 6.45) is 0. The average molecular weight is 280 g/mol. The van der Waals surface area contributed by atoms with E-state index in [2.05, 4.69) is 10.6 Å². The van der Waals surface area contributed by atoms with Gasteiger partial charge in [-0.25, -0.2) is 0 Å². The van der Waals surface area contributed by atoms with E-state index >= 15 is 0 Å². The van der Waals surface area contributed by atoms with E-state index in [1.807, 2.05) is 0 Å². The minimum atomic E-state index is -0.709. The predicted molar refractivity (Wildman–Crippen MR) is 73.1 cm³/mol. The first-order valence-corrected chi connectivity index (χ1v) is 5.99. The van der Waals surface area contributed by atoms with E-state index in [0.717, 1.165) is 6.07 Å². The fourth-order valence-electron chi connectivity index (χ4n) is 1.53. The van der Waals surface area contributed by atoms with Crippen molar-refractivity contribution < 1.29 is 14.5 Å². The lowest BCUT2D eigenvalue weighted by Gasteiger charge is -2.13. The van der Waals surface area contributed by atoms with Crippen LogP contribution in [-0.2, 0) is 4.79 Å². The van der Waals surface area contributed by atoms with E-state index in [1.165, 1.54) is 19.1 Å². The topological polar surface area (TPSA) is 127 Å². The summed E-state index contributed by atoms with van der Waals surface area (Å²) < 4.78 is 0. The third-order valence-electron chi connectivity index (χ3n) is 2.58. The Balaban J connectivity index is 2.81. The number of nitro benzene ring substituents is 1. The highest BCUT2D eigenvalue weighted by molar-refractivity contribution is 5.98. The molecule has 1 atom stereocenters. The lowest BCUT2D eigenvalue weighted by molar-refractivity contribution is -0.383. The normalized spacial score (nSPS) is 11.5. The van der Waals surface area contributed by atoms with E-state index < -0.39 is 16.9 Å². The number of hydrogen-bond acceptors (Lipinski definition) is 5. The van der Waals surface area contributed by atoms with Crippen molar-refractivity contribution in [3.05, 3.63) is 33.9 Å². The van der Waals surface area contributed by atoms with Gasteiger partial charge in [-0.1, -0.05) is 0 Å². The Bertz CT molecular complexity index is 544. The van der Waals surface area contributed by atoms with Crippen LogP contribution in [0.2, 0.25) is 0 Å². The first-order chi connectivity index (χ1) is 9.36. The predicted octanol–water partition coefficient (Wildman–Crippen LogP) is 0.431. The maximum Gasteiger partial charge on any atom is 0.292 e. The molecule has 0 aliphatic heterocycles. The van der Waals surface area contributed by atoms with Gasteiger partial charge in [0.25, 0.3) is 11.6 Å².